The van der Waals surface area contributed by atoms with Gasteiger partial charge in [-0.15, -0.1) is 0 Å². The monoisotopic (exact) mass is 469 g/mol. The van der Waals surface area contributed by atoms with E-state index in [0.29, 0.717) is 26.2 Å². The molecule has 2 N–H and O–H groups in total. The lowest BCUT2D eigenvalue weighted by Gasteiger charge is -2.36. The van der Waals surface area contributed by atoms with Gasteiger partial charge >= 0.3 is 12.1 Å². The number of ketones is 1. The first-order valence-electron chi connectivity index (χ1n) is 10.8. The lowest BCUT2D eigenvalue weighted by Crippen LogP contribution is -2.54. The molecule has 0 aliphatic carbocycles. The Morgan fingerprint density at radius 2 is 1.76 bits per heavy atom. The number of urea groups is 1. The molecule has 3 amide bonds. The molecule has 0 bridgehead atoms. The number of rotatable bonds is 8. The number of Topliss-reactive ketones (excluding diaryl/α,β-unsaturated/α-hetero) is 1. The van der Waals surface area contributed by atoms with Gasteiger partial charge in [0.05, 0.1) is 4.92 Å². The fourth-order valence-corrected chi connectivity index (χ4v) is 3.48. The highest BCUT2D eigenvalue weighted by atomic mass is 16.6. The molecule has 2 aromatic rings. The summed E-state index contributed by atoms with van der Waals surface area (Å²) in [5.41, 5.74) is 1.56. The molecule has 1 saturated heterocycles. The number of hydrogen-bond donors (Lipinski definition) is 2. The molecule has 34 heavy (non-hydrogen) atoms. The Kier molecular flexibility index (Phi) is 8.38. The average molecular weight is 469 g/mol. The molecule has 0 spiro atoms. The molecule has 1 aliphatic rings. The van der Waals surface area contributed by atoms with E-state index in [1.807, 2.05) is 35.2 Å². The first-order valence-corrected chi connectivity index (χ1v) is 10.8. The summed E-state index contributed by atoms with van der Waals surface area (Å²) >= 11 is 0. The number of alkyl carbamates (subject to hydrolysis) is 1. The maximum absolute atomic E-state index is 12.6. The molecule has 0 radical (unpaired) electrons. The first-order chi connectivity index (χ1) is 16.3. The van der Waals surface area contributed by atoms with Crippen LogP contribution in [-0.4, -0.2) is 66.5 Å². The van der Waals surface area contributed by atoms with E-state index in [0.717, 1.165) is 11.3 Å². The standard InChI is InChI=1S/C23H27N5O6/c1-17(29)21(25-23(31)34-16-18-6-3-2-4-7-18)15-24-22(30)27-12-10-26(11-13-27)19-8-5-9-20(14-19)28(32)33/h2-9,14,21H,10-13,15-16H2,1H3,(H,24,30)(H,25,31)/t21-/m0/s1. The maximum Gasteiger partial charge on any atom is 0.408 e. The SMILES string of the molecule is CC(=O)[C@H](CNC(=O)N1CCN(c2cccc([N+](=O)[O-])c2)CC1)NC(=O)OCc1ccccc1. The van der Waals surface area contributed by atoms with E-state index in [1.165, 1.54) is 19.1 Å². The van der Waals surface area contributed by atoms with E-state index in [4.69, 9.17) is 4.74 Å². The summed E-state index contributed by atoms with van der Waals surface area (Å²) in [5.74, 6) is -0.313. The number of non-ortho nitro benzene ring substituents is 1. The zero-order valence-electron chi connectivity index (χ0n) is 18.8. The van der Waals surface area contributed by atoms with E-state index in [1.54, 1.807) is 17.0 Å². The van der Waals surface area contributed by atoms with Gasteiger partial charge in [-0.2, -0.15) is 0 Å². The molecule has 11 nitrogen and oxygen atoms in total. The van der Waals surface area contributed by atoms with Gasteiger partial charge in [-0.3, -0.25) is 14.9 Å². The summed E-state index contributed by atoms with van der Waals surface area (Å²) in [4.78, 5) is 50.7. The molecule has 180 valence electrons. The van der Waals surface area contributed by atoms with Crippen molar-refractivity contribution in [3.05, 3.63) is 70.3 Å². The van der Waals surface area contributed by atoms with Crippen LogP contribution in [0, 0.1) is 10.1 Å². The van der Waals surface area contributed by atoms with Crippen LogP contribution in [0.25, 0.3) is 0 Å². The van der Waals surface area contributed by atoms with Crippen LogP contribution in [0.3, 0.4) is 0 Å². The van der Waals surface area contributed by atoms with Gasteiger partial charge < -0.3 is 25.2 Å². The van der Waals surface area contributed by atoms with Gasteiger partial charge in [0, 0.05) is 50.5 Å². The fourth-order valence-electron chi connectivity index (χ4n) is 3.48. The highest BCUT2D eigenvalue weighted by Crippen LogP contribution is 2.22. The van der Waals surface area contributed by atoms with Gasteiger partial charge in [0.2, 0.25) is 0 Å². The van der Waals surface area contributed by atoms with Crippen molar-refractivity contribution in [1.29, 1.82) is 0 Å². The third kappa shape index (κ3) is 6.92. The average Bonchev–Trinajstić information content (AvgIpc) is 2.85. The van der Waals surface area contributed by atoms with Crippen LogP contribution in [0.5, 0.6) is 0 Å². The molecule has 1 atom stereocenters. The minimum atomic E-state index is -0.918. The normalized spacial score (nSPS) is 14.1. The van der Waals surface area contributed by atoms with Crippen molar-refractivity contribution < 1.29 is 24.0 Å². The fraction of sp³-hybridized carbons (Fsp3) is 0.348. The second-order valence-electron chi connectivity index (χ2n) is 7.81. The number of hydrogen-bond acceptors (Lipinski definition) is 7. The summed E-state index contributed by atoms with van der Waals surface area (Å²) < 4.78 is 5.14. The smallest absolute Gasteiger partial charge is 0.408 e. The van der Waals surface area contributed by atoms with Gasteiger partial charge in [0.15, 0.2) is 5.78 Å². The number of benzene rings is 2. The first kappa shape index (κ1) is 24.5. The molecule has 3 rings (SSSR count). The van der Waals surface area contributed by atoms with Crippen LogP contribution in [0.1, 0.15) is 12.5 Å². The molecule has 1 heterocycles. The Hall–Kier alpha value is -4.15. The number of nitro groups is 1. The zero-order chi connectivity index (χ0) is 24.5. The minimum absolute atomic E-state index is 0.0164. The Balaban J connectivity index is 1.44. The Morgan fingerprint density at radius 3 is 2.41 bits per heavy atom. The molecule has 2 aromatic carbocycles. The van der Waals surface area contributed by atoms with Gasteiger partial charge in [0.25, 0.3) is 5.69 Å². The van der Waals surface area contributed by atoms with E-state index >= 15 is 0 Å². The van der Waals surface area contributed by atoms with Gasteiger partial charge in [-0.25, -0.2) is 9.59 Å². The predicted octanol–water partition coefficient (Wildman–Crippen LogP) is 2.31. The Bertz CT molecular complexity index is 1020. The number of nitrogens with zero attached hydrogens (tertiary/aromatic N) is 3. The molecule has 11 heteroatoms. The van der Waals surface area contributed by atoms with Crippen LogP contribution >= 0.6 is 0 Å². The maximum atomic E-state index is 12.6. The zero-order valence-corrected chi connectivity index (χ0v) is 18.8. The van der Waals surface area contributed by atoms with Gasteiger partial charge in [0.1, 0.15) is 12.6 Å². The Morgan fingerprint density at radius 1 is 1.06 bits per heavy atom. The minimum Gasteiger partial charge on any atom is -0.445 e. The number of carbonyl (C=O) groups excluding carboxylic acids is 3. The van der Waals surface area contributed by atoms with E-state index in [2.05, 4.69) is 10.6 Å². The van der Waals surface area contributed by atoms with Crippen molar-refractivity contribution in [3.63, 3.8) is 0 Å². The van der Waals surface area contributed by atoms with Crippen molar-refractivity contribution in [2.24, 2.45) is 0 Å². The molecule has 0 aromatic heterocycles. The molecular weight excluding hydrogens is 442 g/mol. The van der Waals surface area contributed by atoms with Gasteiger partial charge in [-0.05, 0) is 18.6 Å². The largest absolute Gasteiger partial charge is 0.445 e. The molecule has 0 saturated carbocycles. The Labute approximate surface area is 196 Å². The summed E-state index contributed by atoms with van der Waals surface area (Å²) in [6.45, 7) is 3.16. The number of nitrogens with one attached hydrogen (secondary N) is 2. The van der Waals surface area contributed by atoms with Crippen molar-refractivity contribution in [3.8, 4) is 0 Å². The summed E-state index contributed by atoms with van der Waals surface area (Å²) in [6.07, 6.45) is -0.746. The number of piperazine rings is 1. The van der Waals surface area contributed by atoms with Crippen molar-refractivity contribution >= 4 is 29.3 Å². The second kappa shape index (κ2) is 11.6. The lowest BCUT2D eigenvalue weighted by molar-refractivity contribution is -0.384. The topological polar surface area (TPSA) is 134 Å². The summed E-state index contributed by atoms with van der Waals surface area (Å²) in [7, 11) is 0. The molecular formula is C23H27N5O6. The van der Waals surface area contributed by atoms with E-state index < -0.39 is 17.1 Å². The molecule has 0 unspecified atom stereocenters. The quantitative estimate of drug-likeness (QED) is 0.447. The van der Waals surface area contributed by atoms with E-state index in [-0.39, 0.29) is 30.7 Å². The van der Waals surface area contributed by atoms with Crippen molar-refractivity contribution in [1.82, 2.24) is 15.5 Å². The van der Waals surface area contributed by atoms with Crippen LogP contribution < -0.4 is 15.5 Å². The third-order valence-electron chi connectivity index (χ3n) is 5.43. The molecule has 1 aliphatic heterocycles. The van der Waals surface area contributed by atoms with Crippen LogP contribution in [0.15, 0.2) is 54.6 Å². The number of nitro benzene ring substituents is 1. The number of anilines is 1. The number of carbonyl (C=O) groups is 3. The predicted molar refractivity (Wildman–Crippen MR) is 125 cm³/mol. The van der Waals surface area contributed by atoms with Gasteiger partial charge in [-0.1, -0.05) is 36.4 Å². The third-order valence-corrected chi connectivity index (χ3v) is 5.43. The van der Waals surface area contributed by atoms with Crippen LogP contribution in [0.4, 0.5) is 21.0 Å². The van der Waals surface area contributed by atoms with Crippen LogP contribution in [0.2, 0.25) is 0 Å². The second-order valence-corrected chi connectivity index (χ2v) is 7.81. The number of ether oxygens (including phenoxy) is 1. The summed E-state index contributed by atoms with van der Waals surface area (Å²) in [6, 6.07) is 14.2. The highest BCUT2D eigenvalue weighted by molar-refractivity contribution is 5.86. The van der Waals surface area contributed by atoms with Crippen LogP contribution in [-0.2, 0) is 16.1 Å². The van der Waals surface area contributed by atoms with E-state index in [9.17, 15) is 24.5 Å². The van der Waals surface area contributed by atoms with Crippen molar-refractivity contribution in [2.75, 3.05) is 37.6 Å². The number of amides is 3. The molecule has 1 fully saturated rings. The van der Waals surface area contributed by atoms with Crippen molar-refractivity contribution in [2.45, 2.75) is 19.6 Å². The lowest BCUT2D eigenvalue weighted by atomic mass is 10.2. The highest BCUT2D eigenvalue weighted by Gasteiger charge is 2.24. The summed E-state index contributed by atoms with van der Waals surface area (Å²) in [5, 5.41) is 16.1.